The Morgan fingerprint density at radius 3 is 2.53 bits per heavy atom. The number of halogens is 1. The van der Waals surface area contributed by atoms with Crippen LogP contribution in [0.3, 0.4) is 0 Å². The Morgan fingerprint density at radius 2 is 2.00 bits per heavy atom. The summed E-state index contributed by atoms with van der Waals surface area (Å²) in [6, 6.07) is 7.63. The van der Waals surface area contributed by atoms with Crippen molar-refractivity contribution in [3.05, 3.63) is 24.3 Å². The van der Waals surface area contributed by atoms with Crippen molar-refractivity contribution in [2.45, 2.75) is 25.9 Å². The van der Waals surface area contributed by atoms with Crippen LogP contribution in [0.4, 0.5) is 0 Å². The molecule has 1 aromatic carbocycles. The van der Waals surface area contributed by atoms with Crippen molar-refractivity contribution in [3.63, 3.8) is 0 Å². The third-order valence-electron chi connectivity index (χ3n) is 4.02. The predicted molar refractivity (Wildman–Crippen MR) is 76.3 cm³/mol. The lowest BCUT2D eigenvalue weighted by molar-refractivity contribution is 0.0620. The smallest absolute Gasteiger partial charge is 0.119 e. The SMILES string of the molecule is COc1ccc(OCCC2(CCl)CCOC2C)cc1. The largest absolute Gasteiger partial charge is 0.497 e. The molecule has 0 bridgehead atoms. The van der Waals surface area contributed by atoms with E-state index in [1.807, 2.05) is 24.3 Å². The average Bonchev–Trinajstić information content (AvgIpc) is 2.81. The molecule has 1 heterocycles. The van der Waals surface area contributed by atoms with Crippen LogP contribution in [0.1, 0.15) is 19.8 Å². The van der Waals surface area contributed by atoms with E-state index in [4.69, 9.17) is 25.8 Å². The van der Waals surface area contributed by atoms with E-state index in [9.17, 15) is 0 Å². The van der Waals surface area contributed by atoms with E-state index >= 15 is 0 Å². The summed E-state index contributed by atoms with van der Waals surface area (Å²) >= 11 is 6.13. The molecule has 0 spiro atoms. The number of methoxy groups -OCH3 is 1. The van der Waals surface area contributed by atoms with Gasteiger partial charge >= 0.3 is 0 Å². The fraction of sp³-hybridized carbons (Fsp3) is 0.600. The summed E-state index contributed by atoms with van der Waals surface area (Å²) in [5.41, 5.74) is 0.0635. The predicted octanol–water partition coefficient (Wildman–Crippen LogP) is 3.50. The van der Waals surface area contributed by atoms with E-state index in [0.29, 0.717) is 12.5 Å². The van der Waals surface area contributed by atoms with Crippen LogP contribution in [0.15, 0.2) is 24.3 Å². The van der Waals surface area contributed by atoms with Gasteiger partial charge in [-0.25, -0.2) is 0 Å². The maximum Gasteiger partial charge on any atom is 0.119 e. The highest BCUT2D eigenvalue weighted by atomic mass is 35.5. The van der Waals surface area contributed by atoms with Crippen LogP contribution < -0.4 is 9.47 Å². The van der Waals surface area contributed by atoms with Gasteiger partial charge in [0.25, 0.3) is 0 Å². The molecule has 0 aromatic heterocycles. The molecule has 4 heteroatoms. The van der Waals surface area contributed by atoms with Gasteiger partial charge in [0, 0.05) is 17.9 Å². The topological polar surface area (TPSA) is 27.7 Å². The van der Waals surface area contributed by atoms with Crippen LogP contribution in [0.25, 0.3) is 0 Å². The zero-order valence-corrected chi connectivity index (χ0v) is 12.3. The minimum Gasteiger partial charge on any atom is -0.497 e. The highest BCUT2D eigenvalue weighted by Gasteiger charge is 2.40. The first-order valence-corrected chi connectivity index (χ1v) is 7.18. The van der Waals surface area contributed by atoms with E-state index < -0.39 is 0 Å². The van der Waals surface area contributed by atoms with Gasteiger partial charge in [-0.2, -0.15) is 0 Å². The van der Waals surface area contributed by atoms with Gasteiger partial charge in [-0.05, 0) is 44.0 Å². The molecular formula is C15H21ClO3. The van der Waals surface area contributed by atoms with Crippen molar-refractivity contribution in [2.75, 3.05) is 26.2 Å². The maximum atomic E-state index is 6.13. The van der Waals surface area contributed by atoms with E-state index in [1.54, 1.807) is 7.11 Å². The summed E-state index contributed by atoms with van der Waals surface area (Å²) in [6.07, 6.45) is 2.15. The molecule has 1 aromatic rings. The molecule has 2 rings (SSSR count). The van der Waals surface area contributed by atoms with Gasteiger partial charge in [0.05, 0.1) is 19.8 Å². The van der Waals surface area contributed by atoms with Gasteiger partial charge in [0.15, 0.2) is 0 Å². The van der Waals surface area contributed by atoms with E-state index in [0.717, 1.165) is 30.9 Å². The molecule has 0 amide bonds. The monoisotopic (exact) mass is 284 g/mol. The Morgan fingerprint density at radius 1 is 1.32 bits per heavy atom. The number of benzene rings is 1. The molecule has 1 aliphatic rings. The molecular weight excluding hydrogens is 264 g/mol. The zero-order valence-electron chi connectivity index (χ0n) is 11.5. The van der Waals surface area contributed by atoms with Crippen molar-refractivity contribution in [1.29, 1.82) is 0 Å². The Kier molecular flexibility index (Phi) is 4.94. The second kappa shape index (κ2) is 6.49. The third-order valence-corrected chi connectivity index (χ3v) is 4.56. The fourth-order valence-electron chi connectivity index (χ4n) is 2.43. The second-order valence-corrected chi connectivity index (χ2v) is 5.30. The van der Waals surface area contributed by atoms with Crippen molar-refractivity contribution < 1.29 is 14.2 Å². The molecule has 19 heavy (non-hydrogen) atoms. The molecule has 106 valence electrons. The molecule has 0 aliphatic carbocycles. The Balaban J connectivity index is 1.85. The van der Waals surface area contributed by atoms with Crippen molar-refractivity contribution in [1.82, 2.24) is 0 Å². The number of hydrogen-bond acceptors (Lipinski definition) is 3. The van der Waals surface area contributed by atoms with Crippen LogP contribution in [-0.4, -0.2) is 32.3 Å². The molecule has 0 radical (unpaired) electrons. The van der Waals surface area contributed by atoms with Crippen molar-refractivity contribution in [3.8, 4) is 11.5 Å². The highest BCUT2D eigenvalue weighted by molar-refractivity contribution is 6.18. The van der Waals surface area contributed by atoms with Crippen LogP contribution in [-0.2, 0) is 4.74 Å². The molecule has 1 saturated heterocycles. The Labute approximate surface area is 119 Å². The van der Waals surface area contributed by atoms with Crippen LogP contribution in [0.5, 0.6) is 11.5 Å². The molecule has 3 nitrogen and oxygen atoms in total. The zero-order chi connectivity index (χ0) is 13.7. The maximum absolute atomic E-state index is 6.13. The van der Waals surface area contributed by atoms with Crippen LogP contribution in [0, 0.1) is 5.41 Å². The van der Waals surface area contributed by atoms with Crippen molar-refractivity contribution in [2.24, 2.45) is 5.41 Å². The van der Waals surface area contributed by atoms with E-state index in [1.165, 1.54) is 0 Å². The van der Waals surface area contributed by atoms with Gasteiger partial charge in [-0.15, -0.1) is 11.6 Å². The first kappa shape index (κ1) is 14.5. The van der Waals surface area contributed by atoms with E-state index in [2.05, 4.69) is 6.92 Å². The lowest BCUT2D eigenvalue weighted by Gasteiger charge is -2.29. The molecule has 2 unspecified atom stereocenters. The summed E-state index contributed by atoms with van der Waals surface area (Å²) in [7, 11) is 1.65. The normalized spacial score (nSPS) is 26.4. The van der Waals surface area contributed by atoms with Gasteiger partial charge in [0.2, 0.25) is 0 Å². The molecule has 0 saturated carbocycles. The second-order valence-electron chi connectivity index (χ2n) is 5.03. The molecule has 1 aliphatic heterocycles. The van der Waals surface area contributed by atoms with Gasteiger partial charge in [0.1, 0.15) is 11.5 Å². The summed E-state index contributed by atoms with van der Waals surface area (Å²) in [5, 5.41) is 0. The first-order valence-electron chi connectivity index (χ1n) is 6.64. The lowest BCUT2D eigenvalue weighted by atomic mass is 9.81. The summed E-state index contributed by atoms with van der Waals surface area (Å²) in [4.78, 5) is 0. The number of ether oxygens (including phenoxy) is 3. The van der Waals surface area contributed by atoms with Gasteiger partial charge < -0.3 is 14.2 Å². The van der Waals surface area contributed by atoms with Crippen LogP contribution in [0.2, 0.25) is 0 Å². The lowest BCUT2D eigenvalue weighted by Crippen LogP contribution is -2.32. The minimum absolute atomic E-state index is 0.0635. The molecule has 0 N–H and O–H groups in total. The average molecular weight is 285 g/mol. The Hall–Kier alpha value is -0.930. The molecule has 1 fully saturated rings. The van der Waals surface area contributed by atoms with Gasteiger partial charge in [-0.1, -0.05) is 0 Å². The number of rotatable bonds is 6. The fourth-order valence-corrected chi connectivity index (χ4v) is 2.92. The number of alkyl halides is 1. The Bertz CT molecular complexity index is 393. The van der Waals surface area contributed by atoms with Crippen molar-refractivity contribution >= 4 is 11.6 Å². The minimum atomic E-state index is 0.0635. The van der Waals surface area contributed by atoms with E-state index in [-0.39, 0.29) is 11.5 Å². The molecule has 2 atom stereocenters. The van der Waals surface area contributed by atoms with Crippen LogP contribution >= 0.6 is 11.6 Å². The van der Waals surface area contributed by atoms with Gasteiger partial charge in [-0.3, -0.25) is 0 Å². The number of hydrogen-bond donors (Lipinski definition) is 0. The first-order chi connectivity index (χ1) is 9.20. The summed E-state index contributed by atoms with van der Waals surface area (Å²) in [6.45, 7) is 3.56. The highest BCUT2D eigenvalue weighted by Crippen LogP contribution is 2.39. The standard InChI is InChI=1S/C15H21ClO3/c1-12-15(11-16,7-9-18-12)8-10-19-14-5-3-13(17-2)4-6-14/h3-6,12H,7-11H2,1-2H3. The summed E-state index contributed by atoms with van der Waals surface area (Å²) in [5.74, 6) is 2.32. The quantitative estimate of drug-likeness (QED) is 0.748. The third kappa shape index (κ3) is 3.34. The summed E-state index contributed by atoms with van der Waals surface area (Å²) < 4.78 is 16.5.